The van der Waals surface area contributed by atoms with E-state index in [-0.39, 0.29) is 11.2 Å². The zero-order chi connectivity index (χ0) is 10.8. The molecule has 0 bridgehead atoms. The van der Waals surface area contributed by atoms with Crippen LogP contribution in [0.5, 0.6) is 0 Å². The van der Waals surface area contributed by atoms with Gasteiger partial charge in [-0.2, -0.15) is 0 Å². The number of carbonyl (C=O) groups excluding carboxylic acids is 1. The zero-order valence-electron chi connectivity index (χ0n) is 9.39. The number of thiophene rings is 1. The van der Waals surface area contributed by atoms with Crippen molar-refractivity contribution in [1.29, 1.82) is 0 Å². The van der Waals surface area contributed by atoms with Crippen molar-refractivity contribution in [3.63, 3.8) is 0 Å². The van der Waals surface area contributed by atoms with Crippen molar-refractivity contribution in [3.05, 3.63) is 21.9 Å². The summed E-state index contributed by atoms with van der Waals surface area (Å²) in [5, 5.41) is 0. The fourth-order valence-corrected chi connectivity index (χ4v) is 2.03. The summed E-state index contributed by atoms with van der Waals surface area (Å²) >= 11 is 1.60. The summed E-state index contributed by atoms with van der Waals surface area (Å²) in [6.07, 6.45) is 1.63. The SMILES string of the molecule is Cc1ccc(C(=O)CCC(C)(C)C)s1. The maximum absolute atomic E-state index is 11.7. The highest BCUT2D eigenvalue weighted by Crippen LogP contribution is 2.24. The van der Waals surface area contributed by atoms with Crippen LogP contribution in [0.25, 0.3) is 0 Å². The predicted octanol–water partition coefficient (Wildman–Crippen LogP) is 4.07. The Labute approximate surface area is 90.2 Å². The van der Waals surface area contributed by atoms with Crippen molar-refractivity contribution in [2.24, 2.45) is 5.41 Å². The molecule has 1 heterocycles. The molecule has 0 aromatic carbocycles. The summed E-state index contributed by atoms with van der Waals surface area (Å²) in [5.41, 5.74) is 0.252. The molecule has 1 aromatic heterocycles. The van der Waals surface area contributed by atoms with Gasteiger partial charge in [-0.05, 0) is 30.9 Å². The molecule has 1 nitrogen and oxygen atoms in total. The van der Waals surface area contributed by atoms with E-state index in [0.29, 0.717) is 6.42 Å². The van der Waals surface area contributed by atoms with Gasteiger partial charge >= 0.3 is 0 Å². The Morgan fingerprint density at radius 2 is 2.00 bits per heavy atom. The van der Waals surface area contributed by atoms with Crippen LogP contribution in [-0.2, 0) is 0 Å². The van der Waals surface area contributed by atoms with Crippen LogP contribution in [-0.4, -0.2) is 5.78 Å². The molecule has 0 aliphatic rings. The van der Waals surface area contributed by atoms with Crippen LogP contribution < -0.4 is 0 Å². The maximum Gasteiger partial charge on any atom is 0.172 e. The third-order valence-corrected chi connectivity index (χ3v) is 3.16. The predicted molar refractivity (Wildman–Crippen MR) is 62.1 cm³/mol. The van der Waals surface area contributed by atoms with Crippen LogP contribution in [0.4, 0.5) is 0 Å². The first-order chi connectivity index (χ1) is 6.38. The molecule has 0 unspecified atom stereocenters. The molecule has 1 aromatic rings. The molecule has 14 heavy (non-hydrogen) atoms. The summed E-state index contributed by atoms with van der Waals surface area (Å²) < 4.78 is 0. The molecule has 0 radical (unpaired) electrons. The molecule has 78 valence electrons. The van der Waals surface area contributed by atoms with Gasteiger partial charge in [0.15, 0.2) is 5.78 Å². The summed E-state index contributed by atoms with van der Waals surface area (Å²) in [7, 11) is 0. The number of aryl methyl sites for hydroxylation is 1. The van der Waals surface area contributed by atoms with Gasteiger partial charge in [-0.1, -0.05) is 20.8 Å². The van der Waals surface area contributed by atoms with Crippen LogP contribution in [0.3, 0.4) is 0 Å². The lowest BCUT2D eigenvalue weighted by Crippen LogP contribution is -2.08. The lowest BCUT2D eigenvalue weighted by molar-refractivity contribution is 0.0970. The second kappa shape index (κ2) is 4.26. The fourth-order valence-electron chi connectivity index (χ4n) is 1.20. The summed E-state index contributed by atoms with van der Waals surface area (Å²) in [5.74, 6) is 0.290. The molecule has 0 fully saturated rings. The summed E-state index contributed by atoms with van der Waals surface area (Å²) in [6, 6.07) is 3.94. The molecule has 0 spiro atoms. The number of Topliss-reactive ketones (excluding diaryl/α,β-unsaturated/α-hetero) is 1. The molecular weight excluding hydrogens is 192 g/mol. The van der Waals surface area contributed by atoms with Crippen molar-refractivity contribution < 1.29 is 4.79 Å². The lowest BCUT2D eigenvalue weighted by atomic mass is 9.89. The third kappa shape index (κ3) is 3.62. The largest absolute Gasteiger partial charge is 0.293 e. The maximum atomic E-state index is 11.7. The van der Waals surface area contributed by atoms with Gasteiger partial charge < -0.3 is 0 Å². The van der Waals surface area contributed by atoms with Crippen LogP contribution in [0.1, 0.15) is 48.2 Å². The van der Waals surface area contributed by atoms with E-state index in [2.05, 4.69) is 20.8 Å². The number of ketones is 1. The lowest BCUT2D eigenvalue weighted by Gasteiger charge is -2.16. The molecular formula is C12H18OS. The van der Waals surface area contributed by atoms with E-state index in [1.54, 1.807) is 11.3 Å². The molecule has 0 saturated heterocycles. The fraction of sp³-hybridized carbons (Fsp3) is 0.583. The van der Waals surface area contributed by atoms with Gasteiger partial charge in [0, 0.05) is 11.3 Å². The minimum Gasteiger partial charge on any atom is -0.293 e. The molecule has 0 atom stereocenters. The van der Waals surface area contributed by atoms with E-state index in [4.69, 9.17) is 0 Å². The van der Waals surface area contributed by atoms with Crippen molar-refractivity contribution in [2.45, 2.75) is 40.5 Å². The van der Waals surface area contributed by atoms with E-state index < -0.39 is 0 Å². The number of carbonyl (C=O) groups is 1. The second-order valence-corrected chi connectivity index (χ2v) is 6.18. The van der Waals surface area contributed by atoms with Gasteiger partial charge in [-0.3, -0.25) is 4.79 Å². The highest BCUT2D eigenvalue weighted by Gasteiger charge is 2.14. The molecule has 0 N–H and O–H groups in total. The van der Waals surface area contributed by atoms with E-state index in [0.717, 1.165) is 11.3 Å². The smallest absolute Gasteiger partial charge is 0.172 e. The van der Waals surface area contributed by atoms with Crippen LogP contribution in [0.15, 0.2) is 12.1 Å². The number of hydrogen-bond acceptors (Lipinski definition) is 2. The first-order valence-electron chi connectivity index (χ1n) is 4.98. The monoisotopic (exact) mass is 210 g/mol. The standard InChI is InChI=1S/C12H18OS/c1-9-5-6-11(14-9)10(13)7-8-12(2,3)4/h5-6H,7-8H2,1-4H3. The van der Waals surface area contributed by atoms with Crippen molar-refractivity contribution in [3.8, 4) is 0 Å². The molecule has 0 aliphatic carbocycles. The Morgan fingerprint density at radius 3 is 2.43 bits per heavy atom. The van der Waals surface area contributed by atoms with Gasteiger partial charge in [0.25, 0.3) is 0 Å². The van der Waals surface area contributed by atoms with Gasteiger partial charge in [0.2, 0.25) is 0 Å². The Kier molecular flexibility index (Phi) is 3.48. The highest BCUT2D eigenvalue weighted by atomic mass is 32.1. The Hall–Kier alpha value is -0.630. The Bertz CT molecular complexity index is 317. The first kappa shape index (κ1) is 11.4. The average molecular weight is 210 g/mol. The van der Waals surface area contributed by atoms with E-state index in [9.17, 15) is 4.79 Å². The van der Waals surface area contributed by atoms with Crippen molar-refractivity contribution in [1.82, 2.24) is 0 Å². The summed E-state index contributed by atoms with van der Waals surface area (Å²) in [6.45, 7) is 8.53. The van der Waals surface area contributed by atoms with E-state index in [1.165, 1.54) is 4.88 Å². The second-order valence-electron chi connectivity index (χ2n) is 4.89. The topological polar surface area (TPSA) is 17.1 Å². The van der Waals surface area contributed by atoms with Crippen molar-refractivity contribution >= 4 is 17.1 Å². The molecule has 1 rings (SSSR count). The quantitative estimate of drug-likeness (QED) is 0.687. The normalized spacial score (nSPS) is 11.7. The van der Waals surface area contributed by atoms with Crippen LogP contribution in [0.2, 0.25) is 0 Å². The van der Waals surface area contributed by atoms with Gasteiger partial charge in [0.05, 0.1) is 4.88 Å². The minimum atomic E-state index is 0.252. The Balaban J connectivity index is 2.52. The first-order valence-corrected chi connectivity index (χ1v) is 5.80. The molecule has 2 heteroatoms. The zero-order valence-corrected chi connectivity index (χ0v) is 10.2. The van der Waals surface area contributed by atoms with Crippen molar-refractivity contribution in [2.75, 3.05) is 0 Å². The van der Waals surface area contributed by atoms with Crippen LogP contribution >= 0.6 is 11.3 Å². The van der Waals surface area contributed by atoms with E-state index >= 15 is 0 Å². The van der Waals surface area contributed by atoms with Gasteiger partial charge in [0.1, 0.15) is 0 Å². The minimum absolute atomic E-state index is 0.252. The summed E-state index contributed by atoms with van der Waals surface area (Å²) in [4.78, 5) is 13.8. The average Bonchev–Trinajstić information content (AvgIpc) is 2.46. The number of hydrogen-bond donors (Lipinski definition) is 0. The Morgan fingerprint density at radius 1 is 1.36 bits per heavy atom. The van der Waals surface area contributed by atoms with E-state index in [1.807, 2.05) is 19.1 Å². The third-order valence-electron chi connectivity index (χ3n) is 2.12. The molecule has 0 aliphatic heterocycles. The number of rotatable bonds is 3. The van der Waals surface area contributed by atoms with Gasteiger partial charge in [-0.25, -0.2) is 0 Å². The molecule has 0 amide bonds. The van der Waals surface area contributed by atoms with Gasteiger partial charge in [-0.15, -0.1) is 11.3 Å². The highest BCUT2D eigenvalue weighted by molar-refractivity contribution is 7.14. The molecule has 0 saturated carbocycles. The van der Waals surface area contributed by atoms with Crippen LogP contribution in [0, 0.1) is 12.3 Å².